The van der Waals surface area contributed by atoms with E-state index in [1.807, 2.05) is 6.07 Å². The van der Waals surface area contributed by atoms with Crippen molar-refractivity contribution in [1.29, 1.82) is 5.26 Å². The molecule has 0 saturated heterocycles. The fraction of sp³-hybridized carbons (Fsp3) is 0.533. The zero-order valence-electron chi connectivity index (χ0n) is 11.3. The third kappa shape index (κ3) is 3.44. The summed E-state index contributed by atoms with van der Waals surface area (Å²) in [6, 6.07) is 5.09. The number of anilines is 1. The predicted octanol–water partition coefficient (Wildman–Crippen LogP) is 4.43. The Morgan fingerprint density at radius 1 is 1.35 bits per heavy atom. The zero-order valence-corrected chi connectivity index (χ0v) is 11.3. The number of hydrogen-bond donors (Lipinski definition) is 1. The molecule has 1 aromatic rings. The van der Waals surface area contributed by atoms with Crippen LogP contribution in [0.15, 0.2) is 18.2 Å². The van der Waals surface area contributed by atoms with Gasteiger partial charge in [0.2, 0.25) is 0 Å². The molecule has 2 rings (SSSR count). The summed E-state index contributed by atoms with van der Waals surface area (Å²) in [7, 11) is 0. The van der Waals surface area contributed by atoms with Crippen molar-refractivity contribution < 1.29 is 13.2 Å². The van der Waals surface area contributed by atoms with Crippen LogP contribution in [0.25, 0.3) is 0 Å². The lowest BCUT2D eigenvalue weighted by Crippen LogP contribution is -2.13. The lowest BCUT2D eigenvalue weighted by Gasteiger charge is -2.14. The van der Waals surface area contributed by atoms with Crippen LogP contribution in [0, 0.1) is 23.2 Å². The molecule has 2 nitrogen and oxygen atoms in total. The molecule has 1 saturated carbocycles. The number of nitrogens with one attached hydrogen (secondary N) is 1. The highest BCUT2D eigenvalue weighted by Gasteiger charge is 2.31. The summed E-state index contributed by atoms with van der Waals surface area (Å²) < 4.78 is 37.7. The van der Waals surface area contributed by atoms with Crippen molar-refractivity contribution in [2.24, 2.45) is 11.8 Å². The van der Waals surface area contributed by atoms with Crippen molar-refractivity contribution in [2.45, 2.75) is 32.4 Å². The Kier molecular flexibility index (Phi) is 4.22. The summed E-state index contributed by atoms with van der Waals surface area (Å²) in [4.78, 5) is 0. The second-order valence-electron chi connectivity index (χ2n) is 5.54. The molecule has 2 unspecified atom stereocenters. The SMILES string of the molecule is CC1CCC(CNc2ccc(C(F)(F)F)cc2C#N)C1. The van der Waals surface area contributed by atoms with Gasteiger partial charge in [-0.3, -0.25) is 0 Å². The molecule has 0 heterocycles. The highest BCUT2D eigenvalue weighted by Crippen LogP contribution is 2.33. The van der Waals surface area contributed by atoms with Gasteiger partial charge >= 0.3 is 6.18 Å². The van der Waals surface area contributed by atoms with Gasteiger partial charge in [0.05, 0.1) is 16.8 Å². The minimum absolute atomic E-state index is 0.0471. The van der Waals surface area contributed by atoms with Crippen LogP contribution in [-0.4, -0.2) is 6.54 Å². The molecule has 0 amide bonds. The van der Waals surface area contributed by atoms with Crippen molar-refractivity contribution in [3.63, 3.8) is 0 Å². The van der Waals surface area contributed by atoms with Gasteiger partial charge in [-0.25, -0.2) is 0 Å². The van der Waals surface area contributed by atoms with E-state index in [0.717, 1.165) is 25.0 Å². The molecule has 20 heavy (non-hydrogen) atoms. The number of nitriles is 1. The molecule has 5 heteroatoms. The van der Waals surface area contributed by atoms with Crippen molar-refractivity contribution in [1.82, 2.24) is 0 Å². The topological polar surface area (TPSA) is 35.8 Å². The van der Waals surface area contributed by atoms with E-state index in [9.17, 15) is 13.2 Å². The van der Waals surface area contributed by atoms with Crippen molar-refractivity contribution in [3.8, 4) is 6.07 Å². The van der Waals surface area contributed by atoms with E-state index in [0.29, 0.717) is 24.1 Å². The maximum Gasteiger partial charge on any atom is 0.416 e. The minimum atomic E-state index is -4.41. The monoisotopic (exact) mass is 282 g/mol. The Morgan fingerprint density at radius 3 is 2.65 bits per heavy atom. The average molecular weight is 282 g/mol. The van der Waals surface area contributed by atoms with Gasteiger partial charge in [0.15, 0.2) is 0 Å². The van der Waals surface area contributed by atoms with Crippen LogP contribution < -0.4 is 5.32 Å². The lowest BCUT2D eigenvalue weighted by atomic mass is 10.1. The normalized spacial score (nSPS) is 22.6. The first-order valence-corrected chi connectivity index (χ1v) is 6.75. The van der Waals surface area contributed by atoms with Crippen LogP contribution in [0.5, 0.6) is 0 Å². The largest absolute Gasteiger partial charge is 0.416 e. The maximum absolute atomic E-state index is 12.6. The van der Waals surface area contributed by atoms with Gasteiger partial charge < -0.3 is 5.32 Å². The lowest BCUT2D eigenvalue weighted by molar-refractivity contribution is -0.137. The molecule has 0 spiro atoms. The Bertz CT molecular complexity index is 517. The Labute approximate surface area is 116 Å². The van der Waals surface area contributed by atoms with Crippen molar-refractivity contribution >= 4 is 5.69 Å². The van der Waals surface area contributed by atoms with Gasteiger partial charge in [0.1, 0.15) is 6.07 Å². The molecular formula is C15H17F3N2. The van der Waals surface area contributed by atoms with Crippen molar-refractivity contribution in [2.75, 3.05) is 11.9 Å². The molecule has 0 radical (unpaired) electrons. The van der Waals surface area contributed by atoms with E-state index in [-0.39, 0.29) is 5.56 Å². The predicted molar refractivity (Wildman–Crippen MR) is 71.2 cm³/mol. The first kappa shape index (κ1) is 14.7. The van der Waals surface area contributed by atoms with Gasteiger partial charge in [0.25, 0.3) is 0 Å². The molecule has 0 aromatic heterocycles. The van der Waals surface area contributed by atoms with E-state index in [2.05, 4.69) is 12.2 Å². The molecule has 0 aliphatic heterocycles. The molecule has 1 aliphatic carbocycles. The summed E-state index contributed by atoms with van der Waals surface area (Å²) in [5.74, 6) is 1.25. The number of hydrogen-bond acceptors (Lipinski definition) is 2. The Balaban J connectivity index is 2.07. The van der Waals surface area contributed by atoms with Gasteiger partial charge in [-0.1, -0.05) is 13.3 Å². The summed E-state index contributed by atoms with van der Waals surface area (Å²) in [6.07, 6.45) is -0.943. The first-order valence-electron chi connectivity index (χ1n) is 6.75. The third-order valence-corrected chi connectivity index (χ3v) is 3.85. The quantitative estimate of drug-likeness (QED) is 0.890. The van der Waals surface area contributed by atoms with Crippen LogP contribution in [0.3, 0.4) is 0 Å². The number of rotatable bonds is 3. The Morgan fingerprint density at radius 2 is 2.10 bits per heavy atom. The Hall–Kier alpha value is -1.70. The summed E-state index contributed by atoms with van der Waals surface area (Å²) in [5, 5.41) is 12.1. The maximum atomic E-state index is 12.6. The van der Waals surface area contributed by atoms with E-state index in [1.165, 1.54) is 12.5 Å². The molecule has 1 N–H and O–H groups in total. The molecule has 2 atom stereocenters. The fourth-order valence-electron chi connectivity index (χ4n) is 2.73. The van der Waals surface area contributed by atoms with Gasteiger partial charge in [0, 0.05) is 6.54 Å². The number of alkyl halides is 3. The van der Waals surface area contributed by atoms with Gasteiger partial charge in [-0.15, -0.1) is 0 Å². The summed E-state index contributed by atoms with van der Waals surface area (Å²) >= 11 is 0. The average Bonchev–Trinajstić information content (AvgIpc) is 2.81. The van der Waals surface area contributed by atoms with E-state index in [1.54, 1.807) is 0 Å². The molecule has 1 aliphatic rings. The number of halogens is 3. The number of nitrogens with zero attached hydrogens (tertiary/aromatic N) is 1. The molecular weight excluding hydrogens is 265 g/mol. The highest BCUT2D eigenvalue weighted by molar-refractivity contribution is 5.59. The van der Waals surface area contributed by atoms with Gasteiger partial charge in [-0.2, -0.15) is 18.4 Å². The highest BCUT2D eigenvalue weighted by atomic mass is 19.4. The zero-order chi connectivity index (χ0) is 14.8. The second-order valence-corrected chi connectivity index (χ2v) is 5.54. The van der Waals surface area contributed by atoms with E-state index < -0.39 is 11.7 Å². The minimum Gasteiger partial charge on any atom is -0.384 e. The smallest absolute Gasteiger partial charge is 0.384 e. The molecule has 0 bridgehead atoms. The van der Waals surface area contributed by atoms with E-state index >= 15 is 0 Å². The molecule has 108 valence electrons. The summed E-state index contributed by atoms with van der Waals surface area (Å²) in [5.41, 5.74) is -0.250. The molecule has 1 aromatic carbocycles. The summed E-state index contributed by atoms with van der Waals surface area (Å²) in [6.45, 7) is 2.92. The second kappa shape index (κ2) is 5.74. The van der Waals surface area contributed by atoms with E-state index in [4.69, 9.17) is 5.26 Å². The van der Waals surface area contributed by atoms with Gasteiger partial charge in [-0.05, 0) is 42.9 Å². The van der Waals surface area contributed by atoms with Crippen LogP contribution in [0.4, 0.5) is 18.9 Å². The van der Waals surface area contributed by atoms with Crippen LogP contribution in [-0.2, 0) is 6.18 Å². The van der Waals surface area contributed by atoms with Crippen LogP contribution >= 0.6 is 0 Å². The first-order chi connectivity index (χ1) is 9.40. The third-order valence-electron chi connectivity index (χ3n) is 3.85. The molecule has 1 fully saturated rings. The fourth-order valence-corrected chi connectivity index (χ4v) is 2.73. The van der Waals surface area contributed by atoms with Crippen LogP contribution in [0.2, 0.25) is 0 Å². The van der Waals surface area contributed by atoms with Crippen LogP contribution in [0.1, 0.15) is 37.3 Å². The standard InChI is InChI=1S/C15H17F3N2/c1-10-2-3-11(6-10)9-20-14-5-4-13(15(16,17)18)7-12(14)8-19/h4-5,7,10-11,20H,2-3,6,9H2,1H3. The van der Waals surface area contributed by atoms with Crippen molar-refractivity contribution in [3.05, 3.63) is 29.3 Å². The number of benzene rings is 1.